The first-order valence-corrected chi connectivity index (χ1v) is 10.5. The zero-order valence-electron chi connectivity index (χ0n) is 17.3. The molecule has 2 N–H and O–H groups in total. The van der Waals surface area contributed by atoms with Gasteiger partial charge in [0, 0.05) is 19.5 Å². The molecule has 2 rings (SSSR count). The van der Waals surface area contributed by atoms with E-state index in [0.29, 0.717) is 23.3 Å². The van der Waals surface area contributed by atoms with Crippen LogP contribution in [-0.2, 0) is 9.59 Å². The molecule has 188 valence electrons. The smallest absolute Gasteiger partial charge is 0.460 e. The minimum absolute atomic E-state index is 0.0146. The van der Waals surface area contributed by atoms with Crippen molar-refractivity contribution in [2.45, 2.75) is 57.4 Å². The van der Waals surface area contributed by atoms with Crippen molar-refractivity contribution in [3.05, 3.63) is 11.8 Å². The maximum absolute atomic E-state index is 12.8. The third-order valence-electron chi connectivity index (χ3n) is 4.17. The van der Waals surface area contributed by atoms with Gasteiger partial charge in [-0.2, -0.15) is 30.7 Å². The molecule has 15 heteroatoms. The Balaban J connectivity index is 0.000000582. The maximum Gasteiger partial charge on any atom is 0.460 e. The molecule has 8 nitrogen and oxygen atoms in total. The number of aromatic nitrogens is 2. The summed E-state index contributed by atoms with van der Waals surface area (Å²) in [7, 11) is 0. The lowest BCUT2D eigenvalue weighted by molar-refractivity contribution is -0.241. The van der Waals surface area contributed by atoms with E-state index in [0.717, 1.165) is 11.7 Å². The quantitative estimate of drug-likeness (QED) is 0.269. The van der Waals surface area contributed by atoms with Crippen LogP contribution in [0.4, 0.5) is 26.3 Å². The highest BCUT2D eigenvalue weighted by atomic mass is 32.1. The summed E-state index contributed by atoms with van der Waals surface area (Å²) in [4.78, 5) is 19.7. The van der Waals surface area contributed by atoms with Crippen LogP contribution in [0.5, 0.6) is 5.88 Å². The third-order valence-corrected chi connectivity index (χ3v) is 4.68. The fourth-order valence-corrected chi connectivity index (χ4v) is 3.12. The number of rotatable bonds is 10. The van der Waals surface area contributed by atoms with Crippen LogP contribution in [0, 0.1) is 0 Å². The summed E-state index contributed by atoms with van der Waals surface area (Å²) in [5, 5.41) is 15.8. The van der Waals surface area contributed by atoms with Crippen LogP contribution in [-0.4, -0.2) is 68.0 Å². The maximum atomic E-state index is 12.8. The van der Waals surface area contributed by atoms with Crippen LogP contribution >= 0.6 is 11.7 Å². The van der Waals surface area contributed by atoms with Gasteiger partial charge in [-0.3, -0.25) is 9.59 Å². The van der Waals surface area contributed by atoms with Gasteiger partial charge in [-0.25, -0.2) is 4.90 Å². The number of halogens is 6. The summed E-state index contributed by atoms with van der Waals surface area (Å²) in [5.74, 6) is -2.02. The van der Waals surface area contributed by atoms with E-state index in [2.05, 4.69) is 8.75 Å². The number of aliphatic carboxylic acids is 2. The molecular weight excluding hydrogens is 484 g/mol. The monoisotopic (exact) mass is 507 g/mol. The van der Waals surface area contributed by atoms with E-state index < -0.39 is 30.8 Å². The van der Waals surface area contributed by atoms with E-state index in [1.54, 1.807) is 6.08 Å². The molecule has 0 radical (unpaired) electrons. The molecule has 2 heterocycles. The number of nitrogens with zero attached hydrogens (tertiary/aromatic N) is 3. The average molecular weight is 507 g/mol. The van der Waals surface area contributed by atoms with Crippen LogP contribution in [0.2, 0.25) is 0 Å². The number of ether oxygens (including phenoxy) is 1. The second-order valence-electron chi connectivity index (χ2n) is 6.89. The fourth-order valence-electron chi connectivity index (χ4n) is 2.59. The van der Waals surface area contributed by atoms with E-state index in [1.165, 1.54) is 0 Å². The molecule has 1 aliphatic heterocycles. The van der Waals surface area contributed by atoms with Gasteiger partial charge in [-0.15, -0.1) is 4.37 Å². The Morgan fingerprint density at radius 3 is 2.21 bits per heavy atom. The molecule has 0 aliphatic carbocycles. The highest BCUT2D eigenvalue weighted by Gasteiger charge is 2.39. The molecular formula is C18H23F6N3O5S. The number of hydrogen-bond donors (Lipinski definition) is 2. The molecule has 0 unspecified atom stereocenters. The third kappa shape index (κ3) is 12.4. The molecule has 0 saturated heterocycles. The lowest BCUT2D eigenvalue weighted by Crippen LogP contribution is -2.41. The van der Waals surface area contributed by atoms with Crippen molar-refractivity contribution in [3.8, 4) is 5.88 Å². The highest BCUT2D eigenvalue weighted by Crippen LogP contribution is 2.32. The lowest BCUT2D eigenvalue weighted by atomic mass is 10.1. The molecule has 33 heavy (non-hydrogen) atoms. The topological polar surface area (TPSA) is 113 Å². The first kappa shape index (κ1) is 28.6. The van der Waals surface area contributed by atoms with Crippen molar-refractivity contribution in [1.29, 1.82) is 0 Å². The lowest BCUT2D eigenvalue weighted by Gasteiger charge is -2.28. The predicted molar refractivity (Wildman–Crippen MR) is 105 cm³/mol. The Kier molecular flexibility index (Phi) is 11.6. The Morgan fingerprint density at radius 1 is 1.03 bits per heavy atom. The van der Waals surface area contributed by atoms with Crippen LogP contribution in [0.1, 0.15) is 50.6 Å². The van der Waals surface area contributed by atoms with Crippen molar-refractivity contribution >= 4 is 29.2 Å². The van der Waals surface area contributed by atoms with E-state index in [9.17, 15) is 35.9 Å². The fraction of sp³-hybridized carbons (Fsp3) is 0.667. The zero-order valence-corrected chi connectivity index (χ0v) is 18.1. The van der Waals surface area contributed by atoms with Gasteiger partial charge in [0.15, 0.2) is 0 Å². The number of carbonyl (C=O) groups is 2. The van der Waals surface area contributed by atoms with Gasteiger partial charge in [0.25, 0.3) is 5.88 Å². The molecule has 0 atom stereocenters. The van der Waals surface area contributed by atoms with Gasteiger partial charge in [0.05, 0.1) is 31.2 Å². The van der Waals surface area contributed by atoms with Gasteiger partial charge < -0.3 is 14.9 Å². The summed E-state index contributed by atoms with van der Waals surface area (Å²) in [5.41, 5.74) is 0.665. The highest BCUT2D eigenvalue weighted by molar-refractivity contribution is 6.99. The van der Waals surface area contributed by atoms with E-state index in [4.69, 9.17) is 14.9 Å². The van der Waals surface area contributed by atoms with Crippen LogP contribution in [0.15, 0.2) is 6.08 Å². The summed E-state index contributed by atoms with van der Waals surface area (Å²) >= 11 is 0.826. The zero-order chi connectivity index (χ0) is 25.1. The molecule has 0 amide bonds. The molecule has 0 aromatic carbocycles. The van der Waals surface area contributed by atoms with E-state index in [1.807, 2.05) is 0 Å². The molecule has 0 saturated carbocycles. The number of carboxylic acid groups (broad SMARTS) is 2. The summed E-state index contributed by atoms with van der Waals surface area (Å²) in [6, 6.07) is 0. The van der Waals surface area contributed by atoms with Gasteiger partial charge in [0.2, 0.25) is 0 Å². The summed E-state index contributed by atoms with van der Waals surface area (Å²) in [6.07, 6.45) is -7.33. The summed E-state index contributed by atoms with van der Waals surface area (Å²) in [6.45, 7) is -0.288. The molecule has 0 fully saturated rings. The van der Waals surface area contributed by atoms with Crippen molar-refractivity contribution in [1.82, 2.24) is 13.6 Å². The predicted octanol–water partition coefficient (Wildman–Crippen LogP) is 4.58. The minimum Gasteiger partial charge on any atom is -0.481 e. The Morgan fingerprint density at radius 2 is 1.67 bits per heavy atom. The average Bonchev–Trinajstić information content (AvgIpc) is 3.17. The Hall–Kier alpha value is -2.42. The van der Waals surface area contributed by atoms with Crippen molar-refractivity contribution < 1.29 is 50.9 Å². The first-order chi connectivity index (χ1) is 15.3. The van der Waals surface area contributed by atoms with Crippen LogP contribution in [0.25, 0.3) is 5.57 Å². The number of unbranched alkanes of at least 4 members (excludes halogenated alkanes) is 2. The largest absolute Gasteiger partial charge is 0.481 e. The van der Waals surface area contributed by atoms with Crippen molar-refractivity contribution in [3.63, 3.8) is 0 Å². The van der Waals surface area contributed by atoms with Gasteiger partial charge in [-0.1, -0.05) is 6.08 Å². The normalized spacial score (nSPS) is 14.8. The first-order valence-electron chi connectivity index (χ1n) is 9.76. The second-order valence-corrected chi connectivity index (χ2v) is 7.42. The number of carboxylic acids is 2. The molecule has 1 aromatic rings. The molecule has 0 bridgehead atoms. The Bertz CT molecular complexity index is 783. The van der Waals surface area contributed by atoms with E-state index >= 15 is 0 Å². The van der Waals surface area contributed by atoms with Crippen molar-refractivity contribution in [2.75, 3.05) is 19.7 Å². The van der Waals surface area contributed by atoms with Crippen LogP contribution in [0.3, 0.4) is 0 Å². The molecule has 0 spiro atoms. The second kappa shape index (κ2) is 13.3. The number of alkyl halides is 6. The Labute approximate surface area is 189 Å². The molecule has 1 aliphatic rings. The summed E-state index contributed by atoms with van der Waals surface area (Å²) < 4.78 is 87.8. The van der Waals surface area contributed by atoms with Crippen molar-refractivity contribution in [2.24, 2.45) is 0 Å². The van der Waals surface area contributed by atoms with Gasteiger partial charge in [-0.05, 0) is 31.3 Å². The standard InChI is InChI=1S/C14H17F6N3OS.C4H6O4/c15-13(16,17)6-2-1-3-8-24-12-11(21-25-22-12)10-5-4-7-23(9-10)14(18,19)20;5-3(6)1-2-4(7)8/h5H,1-4,6-9H2;1-2H2,(H,5,6)(H,7,8). The SMILES string of the molecule is FC(F)(F)CCCCCOc1nsnc1C1=CCCN(C(F)(F)F)C1.O=C(O)CCC(=O)O. The minimum atomic E-state index is -4.41. The van der Waals surface area contributed by atoms with Gasteiger partial charge in [0.1, 0.15) is 5.69 Å². The number of hydrogen-bond acceptors (Lipinski definition) is 7. The van der Waals surface area contributed by atoms with E-state index in [-0.39, 0.29) is 57.0 Å². The van der Waals surface area contributed by atoms with Crippen LogP contribution < -0.4 is 4.74 Å². The van der Waals surface area contributed by atoms with Gasteiger partial charge >= 0.3 is 24.4 Å². The molecule has 1 aromatic heterocycles.